The molecule has 0 saturated heterocycles. The third kappa shape index (κ3) is 4.43. The van der Waals surface area contributed by atoms with E-state index in [-0.39, 0.29) is 16.5 Å². The number of para-hydroxylation sites is 1. The molecule has 0 aliphatic heterocycles. The number of hydrogen-bond donors (Lipinski definition) is 1. The third-order valence-electron chi connectivity index (χ3n) is 3.91. The van der Waals surface area contributed by atoms with Gasteiger partial charge in [0.2, 0.25) is 0 Å². The number of carbonyl (C=O) groups is 1. The number of hydrogen-bond acceptors (Lipinski definition) is 3. The number of ether oxygens (including phenoxy) is 1. The normalized spacial score (nSPS) is 11.5. The zero-order chi connectivity index (χ0) is 22.9. The fourth-order valence-corrected chi connectivity index (χ4v) is 2.68. The van der Waals surface area contributed by atoms with Crippen molar-refractivity contribution in [2.75, 3.05) is 5.32 Å². The van der Waals surface area contributed by atoms with Crippen molar-refractivity contribution in [1.82, 2.24) is 9.78 Å². The fraction of sp³-hybridized carbons (Fsp3) is 0.111. The van der Waals surface area contributed by atoms with Gasteiger partial charge in [0.15, 0.2) is 30.0 Å². The summed E-state index contributed by atoms with van der Waals surface area (Å²) < 4.78 is 99.6. The molecule has 3 aromatic rings. The molecule has 0 aliphatic carbocycles. The van der Waals surface area contributed by atoms with E-state index in [4.69, 9.17) is 16.3 Å². The molecule has 1 heterocycles. The van der Waals surface area contributed by atoms with Crippen LogP contribution >= 0.6 is 11.6 Å². The van der Waals surface area contributed by atoms with E-state index in [2.05, 4.69) is 5.10 Å². The summed E-state index contributed by atoms with van der Waals surface area (Å²) in [5.74, 6) is -11.3. The Morgan fingerprint density at radius 1 is 1.03 bits per heavy atom. The Labute approximate surface area is 174 Å². The van der Waals surface area contributed by atoms with Crippen LogP contribution in [-0.4, -0.2) is 15.7 Å². The smallest absolute Gasteiger partial charge is 0.422 e. The van der Waals surface area contributed by atoms with Gasteiger partial charge in [-0.05, 0) is 18.2 Å². The predicted molar refractivity (Wildman–Crippen MR) is 93.5 cm³/mol. The molecular weight excluding hydrogens is 459 g/mol. The average Bonchev–Trinajstić information content (AvgIpc) is 3.17. The van der Waals surface area contributed by atoms with Crippen LogP contribution in [0.15, 0.2) is 36.5 Å². The maximum atomic E-state index is 14.0. The second-order valence-electron chi connectivity index (χ2n) is 5.88. The van der Waals surface area contributed by atoms with Gasteiger partial charge in [-0.3, -0.25) is 4.79 Å². The number of halogens is 8. The van der Waals surface area contributed by atoms with Crippen molar-refractivity contribution in [3.8, 4) is 5.75 Å². The summed E-state index contributed by atoms with van der Waals surface area (Å²) in [6, 6.07) is 7.33. The SMILES string of the molecule is O=C(Nc1c(F)c(F)c(C(F)(F)F)c(F)c1F)c1ccnn1COc1ccccc1Cl. The van der Waals surface area contributed by atoms with Crippen LogP contribution in [0.25, 0.3) is 0 Å². The lowest BCUT2D eigenvalue weighted by atomic mass is 10.1. The minimum atomic E-state index is -5.70. The van der Waals surface area contributed by atoms with E-state index in [1.807, 2.05) is 0 Å². The highest BCUT2D eigenvalue weighted by molar-refractivity contribution is 6.32. The molecule has 0 aliphatic rings. The molecule has 3 rings (SSSR count). The van der Waals surface area contributed by atoms with Gasteiger partial charge in [-0.15, -0.1) is 0 Å². The van der Waals surface area contributed by atoms with Gasteiger partial charge in [-0.2, -0.15) is 18.3 Å². The number of rotatable bonds is 5. The summed E-state index contributed by atoms with van der Waals surface area (Å²) in [4.78, 5) is 12.3. The molecule has 0 radical (unpaired) electrons. The molecule has 0 spiro atoms. The minimum absolute atomic E-state index is 0.218. The van der Waals surface area contributed by atoms with E-state index in [0.717, 1.165) is 16.9 Å². The number of amides is 1. The zero-order valence-corrected chi connectivity index (χ0v) is 15.7. The Morgan fingerprint density at radius 2 is 1.65 bits per heavy atom. The van der Waals surface area contributed by atoms with Crippen molar-refractivity contribution in [2.24, 2.45) is 0 Å². The van der Waals surface area contributed by atoms with E-state index in [9.17, 15) is 35.5 Å². The predicted octanol–water partition coefficient (Wildman–Crippen LogP) is 5.40. The quantitative estimate of drug-likeness (QED) is 0.404. The Kier molecular flexibility index (Phi) is 6.11. The van der Waals surface area contributed by atoms with E-state index in [1.54, 1.807) is 12.1 Å². The average molecular weight is 468 g/mol. The number of aromatic nitrogens is 2. The minimum Gasteiger partial charge on any atom is -0.470 e. The van der Waals surface area contributed by atoms with Crippen molar-refractivity contribution in [3.05, 3.63) is 76.1 Å². The van der Waals surface area contributed by atoms with Gasteiger partial charge in [0.1, 0.15) is 22.7 Å². The number of benzene rings is 2. The summed E-state index contributed by atoms with van der Waals surface area (Å²) in [6.07, 6.45) is -4.60. The first-order chi connectivity index (χ1) is 14.5. The van der Waals surface area contributed by atoms with Crippen LogP contribution in [0.4, 0.5) is 36.4 Å². The Bertz CT molecular complexity index is 1120. The number of nitrogens with one attached hydrogen (secondary N) is 1. The van der Waals surface area contributed by atoms with Gasteiger partial charge in [0.25, 0.3) is 5.91 Å². The van der Waals surface area contributed by atoms with E-state index in [1.165, 1.54) is 17.4 Å². The van der Waals surface area contributed by atoms with Crippen molar-refractivity contribution >= 4 is 23.2 Å². The highest BCUT2D eigenvalue weighted by Gasteiger charge is 2.42. The van der Waals surface area contributed by atoms with E-state index >= 15 is 0 Å². The van der Waals surface area contributed by atoms with E-state index < -0.39 is 53.3 Å². The zero-order valence-electron chi connectivity index (χ0n) is 14.9. The molecule has 1 amide bonds. The molecule has 0 unspecified atom stereocenters. The van der Waals surface area contributed by atoms with Crippen LogP contribution in [-0.2, 0) is 12.9 Å². The lowest BCUT2D eigenvalue weighted by molar-refractivity contribution is -0.143. The molecule has 5 nitrogen and oxygen atoms in total. The van der Waals surface area contributed by atoms with Crippen molar-refractivity contribution in [2.45, 2.75) is 12.9 Å². The van der Waals surface area contributed by atoms with Crippen LogP contribution in [0.3, 0.4) is 0 Å². The largest absolute Gasteiger partial charge is 0.470 e. The molecule has 1 aromatic heterocycles. The molecule has 0 bridgehead atoms. The molecular formula is C18H9ClF7N3O2. The van der Waals surface area contributed by atoms with Crippen LogP contribution in [0.2, 0.25) is 5.02 Å². The summed E-state index contributed by atoms with van der Waals surface area (Å²) in [5, 5.41) is 5.50. The van der Waals surface area contributed by atoms with Crippen LogP contribution in [0.5, 0.6) is 5.75 Å². The molecule has 0 saturated carbocycles. The molecule has 2 aromatic carbocycles. The lowest BCUT2D eigenvalue weighted by Crippen LogP contribution is -2.23. The molecule has 0 fully saturated rings. The van der Waals surface area contributed by atoms with Crippen molar-refractivity contribution < 1.29 is 40.3 Å². The molecule has 164 valence electrons. The Morgan fingerprint density at radius 3 is 2.23 bits per heavy atom. The monoisotopic (exact) mass is 467 g/mol. The second kappa shape index (κ2) is 8.46. The summed E-state index contributed by atoms with van der Waals surface area (Å²) >= 11 is 5.91. The first kappa shape index (κ1) is 22.4. The highest BCUT2D eigenvalue weighted by Crippen LogP contribution is 2.38. The molecule has 13 heteroatoms. The van der Waals surface area contributed by atoms with Crippen molar-refractivity contribution in [3.63, 3.8) is 0 Å². The molecule has 31 heavy (non-hydrogen) atoms. The number of nitrogens with zero attached hydrogens (tertiary/aromatic N) is 2. The maximum Gasteiger partial charge on any atom is 0.422 e. The Hall–Kier alpha value is -3.28. The number of anilines is 1. The summed E-state index contributed by atoms with van der Waals surface area (Å²) in [7, 11) is 0. The topological polar surface area (TPSA) is 56.2 Å². The standard InChI is InChI=1S/C18H9ClF7N3O2/c19-8-3-1-2-4-10(8)31-7-29-9(5-6-27-29)17(30)28-16-14(22)12(20)11(18(24,25)26)13(21)15(16)23/h1-6H,7H2,(H,28,30). The van der Waals surface area contributed by atoms with Crippen LogP contribution < -0.4 is 10.1 Å². The fourth-order valence-electron chi connectivity index (χ4n) is 2.49. The van der Waals surface area contributed by atoms with Crippen molar-refractivity contribution in [1.29, 1.82) is 0 Å². The van der Waals surface area contributed by atoms with Gasteiger partial charge >= 0.3 is 6.18 Å². The van der Waals surface area contributed by atoms with E-state index in [0.29, 0.717) is 0 Å². The summed E-state index contributed by atoms with van der Waals surface area (Å²) in [5.41, 5.74) is -4.86. The van der Waals surface area contributed by atoms with Gasteiger partial charge in [-0.1, -0.05) is 23.7 Å². The third-order valence-corrected chi connectivity index (χ3v) is 4.23. The van der Waals surface area contributed by atoms with Gasteiger partial charge in [0, 0.05) is 6.20 Å². The first-order valence-electron chi connectivity index (χ1n) is 8.16. The molecule has 0 atom stereocenters. The summed E-state index contributed by atoms with van der Waals surface area (Å²) in [6.45, 7) is -0.403. The van der Waals surface area contributed by atoms with Gasteiger partial charge < -0.3 is 10.1 Å². The second-order valence-corrected chi connectivity index (χ2v) is 6.28. The van der Waals surface area contributed by atoms with Crippen LogP contribution in [0.1, 0.15) is 16.1 Å². The molecule has 1 N–H and O–H groups in total. The first-order valence-corrected chi connectivity index (χ1v) is 8.53. The van der Waals surface area contributed by atoms with Gasteiger partial charge in [-0.25, -0.2) is 22.2 Å². The Balaban J connectivity index is 1.87. The van der Waals surface area contributed by atoms with Gasteiger partial charge in [0.05, 0.1) is 5.02 Å². The number of carbonyl (C=O) groups excluding carboxylic acids is 1. The lowest BCUT2D eigenvalue weighted by Gasteiger charge is -2.15. The highest BCUT2D eigenvalue weighted by atomic mass is 35.5. The van der Waals surface area contributed by atoms with Crippen LogP contribution in [0, 0.1) is 23.3 Å². The number of alkyl halides is 3. The maximum absolute atomic E-state index is 14.0.